The van der Waals surface area contributed by atoms with E-state index in [-0.39, 0.29) is 35.7 Å². The Labute approximate surface area is 205 Å². The monoisotopic (exact) mass is 476 g/mol. The molecule has 2 aromatic carbocycles. The van der Waals surface area contributed by atoms with Gasteiger partial charge in [0.2, 0.25) is 5.91 Å². The highest BCUT2D eigenvalue weighted by Gasteiger charge is 2.45. The van der Waals surface area contributed by atoms with Crippen LogP contribution in [0.2, 0.25) is 0 Å². The van der Waals surface area contributed by atoms with Crippen LogP contribution in [0.25, 0.3) is 0 Å². The van der Waals surface area contributed by atoms with Gasteiger partial charge in [-0.05, 0) is 67.6 Å². The van der Waals surface area contributed by atoms with Crippen molar-refractivity contribution >= 4 is 29.2 Å². The Morgan fingerprint density at radius 1 is 1.06 bits per heavy atom. The number of rotatable bonds is 5. The number of benzene rings is 2. The minimum Gasteiger partial charge on any atom is -0.466 e. The molecular weight excluding hydrogens is 444 g/mol. The van der Waals surface area contributed by atoms with Crippen LogP contribution in [0.5, 0.6) is 0 Å². The predicted octanol–water partition coefficient (Wildman–Crippen LogP) is 3.30. The molecule has 0 spiro atoms. The van der Waals surface area contributed by atoms with Crippen LogP contribution in [0, 0.1) is 11.8 Å². The summed E-state index contributed by atoms with van der Waals surface area (Å²) in [6, 6.07) is 13.5. The SMILES string of the molecule is CCOC(=O)C1CCN(C(=O)c2ccc3c(c2)C2NN(c4ccc(CC)cc4)C(=O)C2CN3)CC1. The maximum absolute atomic E-state index is 13.3. The van der Waals surface area contributed by atoms with Gasteiger partial charge in [-0.2, -0.15) is 0 Å². The van der Waals surface area contributed by atoms with Gasteiger partial charge < -0.3 is 15.0 Å². The summed E-state index contributed by atoms with van der Waals surface area (Å²) in [5.74, 6) is -0.585. The predicted molar refractivity (Wildman–Crippen MR) is 133 cm³/mol. The van der Waals surface area contributed by atoms with Gasteiger partial charge >= 0.3 is 5.97 Å². The van der Waals surface area contributed by atoms with Crippen LogP contribution in [0.1, 0.15) is 54.2 Å². The first kappa shape index (κ1) is 23.4. The number of hydrogen-bond acceptors (Lipinski definition) is 6. The second-order valence-electron chi connectivity index (χ2n) is 9.41. The molecule has 3 aliphatic rings. The number of nitrogens with one attached hydrogen (secondary N) is 2. The van der Waals surface area contributed by atoms with Gasteiger partial charge in [-0.3, -0.25) is 14.4 Å². The fourth-order valence-electron chi connectivity index (χ4n) is 5.27. The summed E-state index contributed by atoms with van der Waals surface area (Å²) >= 11 is 0. The molecule has 0 bridgehead atoms. The number of piperidine rings is 1. The Kier molecular flexibility index (Phi) is 6.47. The second-order valence-corrected chi connectivity index (χ2v) is 9.41. The van der Waals surface area contributed by atoms with E-state index in [0.29, 0.717) is 44.6 Å². The summed E-state index contributed by atoms with van der Waals surface area (Å²) in [5, 5.41) is 5.01. The van der Waals surface area contributed by atoms with Crippen molar-refractivity contribution in [3.63, 3.8) is 0 Å². The van der Waals surface area contributed by atoms with Crippen molar-refractivity contribution in [3.05, 3.63) is 59.2 Å². The Bertz CT molecular complexity index is 1120. The lowest BCUT2D eigenvalue weighted by atomic mass is 9.88. The van der Waals surface area contributed by atoms with Crippen molar-refractivity contribution in [1.82, 2.24) is 10.3 Å². The fourth-order valence-corrected chi connectivity index (χ4v) is 5.27. The van der Waals surface area contributed by atoms with Crippen LogP contribution in [0.15, 0.2) is 42.5 Å². The number of carbonyl (C=O) groups excluding carboxylic acids is 3. The van der Waals surface area contributed by atoms with E-state index in [0.717, 1.165) is 23.4 Å². The number of anilines is 2. The van der Waals surface area contributed by atoms with Crippen LogP contribution in [0.4, 0.5) is 11.4 Å². The maximum Gasteiger partial charge on any atom is 0.309 e. The molecule has 2 N–H and O–H groups in total. The number of hydrogen-bond donors (Lipinski definition) is 2. The highest BCUT2D eigenvalue weighted by atomic mass is 16.5. The van der Waals surface area contributed by atoms with Gasteiger partial charge in [0.25, 0.3) is 5.91 Å². The molecule has 0 aliphatic carbocycles. The second kappa shape index (κ2) is 9.70. The van der Waals surface area contributed by atoms with Crippen LogP contribution in [-0.4, -0.2) is 48.9 Å². The zero-order valence-electron chi connectivity index (χ0n) is 20.3. The maximum atomic E-state index is 13.3. The van der Waals surface area contributed by atoms with E-state index in [1.165, 1.54) is 5.56 Å². The molecular formula is C27H32N4O4. The molecule has 3 aliphatic heterocycles. The van der Waals surface area contributed by atoms with Crippen molar-refractivity contribution in [2.24, 2.45) is 11.8 Å². The Balaban J connectivity index is 1.32. The van der Waals surface area contributed by atoms with Crippen LogP contribution < -0.4 is 15.8 Å². The molecule has 2 atom stereocenters. The van der Waals surface area contributed by atoms with Crippen molar-refractivity contribution in [1.29, 1.82) is 0 Å². The van der Waals surface area contributed by atoms with Crippen molar-refractivity contribution in [2.45, 2.75) is 39.2 Å². The summed E-state index contributed by atoms with van der Waals surface area (Å²) < 4.78 is 5.14. The third kappa shape index (κ3) is 4.38. The quantitative estimate of drug-likeness (QED) is 0.644. The number of likely N-dealkylation sites (tertiary alicyclic amines) is 1. The van der Waals surface area contributed by atoms with E-state index in [2.05, 4.69) is 17.7 Å². The first-order valence-corrected chi connectivity index (χ1v) is 12.5. The number of hydrazine groups is 1. The zero-order chi connectivity index (χ0) is 24.5. The number of esters is 1. The normalized spacial score (nSPS) is 21.8. The van der Waals surface area contributed by atoms with Crippen LogP contribution in [-0.2, 0) is 20.7 Å². The van der Waals surface area contributed by atoms with Crippen LogP contribution in [0.3, 0.4) is 0 Å². The molecule has 0 saturated carbocycles. The highest BCUT2D eigenvalue weighted by Crippen LogP contribution is 2.40. The lowest BCUT2D eigenvalue weighted by molar-refractivity contribution is -0.149. The Morgan fingerprint density at radius 2 is 1.80 bits per heavy atom. The molecule has 35 heavy (non-hydrogen) atoms. The number of carbonyl (C=O) groups is 3. The lowest BCUT2D eigenvalue weighted by Gasteiger charge is -2.32. The number of amides is 2. The molecule has 2 amide bonds. The molecule has 8 heteroatoms. The standard InChI is InChI=1S/C27H32N4O4/c1-3-17-5-8-20(9-6-17)31-26(33)22-16-28-23-10-7-19(15-21(23)24(22)29-31)25(32)30-13-11-18(12-14-30)27(34)35-4-2/h5-10,15,18,22,24,28-29H,3-4,11-14,16H2,1-2H3. The van der Waals surface area contributed by atoms with Gasteiger partial charge in [-0.25, -0.2) is 10.4 Å². The number of aryl methyl sites for hydroxylation is 1. The number of nitrogens with zero attached hydrogens (tertiary/aromatic N) is 2. The van der Waals surface area contributed by atoms with Gasteiger partial charge in [0, 0.05) is 30.9 Å². The molecule has 0 radical (unpaired) electrons. The summed E-state index contributed by atoms with van der Waals surface area (Å²) in [6.07, 6.45) is 2.18. The number of fused-ring (bicyclic) bond motifs is 3. The van der Waals surface area contributed by atoms with Crippen molar-refractivity contribution in [3.8, 4) is 0 Å². The van der Waals surface area contributed by atoms with E-state index >= 15 is 0 Å². The first-order valence-electron chi connectivity index (χ1n) is 12.5. The highest BCUT2D eigenvalue weighted by molar-refractivity contribution is 5.99. The summed E-state index contributed by atoms with van der Waals surface area (Å²) in [6.45, 7) is 5.89. The smallest absolute Gasteiger partial charge is 0.309 e. The summed E-state index contributed by atoms with van der Waals surface area (Å²) in [4.78, 5) is 40.3. The Hall–Kier alpha value is -3.39. The summed E-state index contributed by atoms with van der Waals surface area (Å²) in [7, 11) is 0. The van der Waals surface area contributed by atoms with E-state index in [1.807, 2.05) is 42.5 Å². The largest absolute Gasteiger partial charge is 0.466 e. The van der Waals surface area contributed by atoms with Gasteiger partial charge in [0.05, 0.1) is 30.2 Å². The molecule has 2 unspecified atom stereocenters. The van der Waals surface area contributed by atoms with E-state index in [1.54, 1.807) is 16.8 Å². The van der Waals surface area contributed by atoms with E-state index in [9.17, 15) is 14.4 Å². The average Bonchev–Trinajstić information content (AvgIpc) is 3.25. The minimum atomic E-state index is -0.251. The van der Waals surface area contributed by atoms with Gasteiger partial charge in [0.1, 0.15) is 0 Å². The lowest BCUT2D eigenvalue weighted by Crippen LogP contribution is -2.41. The van der Waals surface area contributed by atoms with Gasteiger partial charge in [-0.1, -0.05) is 19.1 Å². The summed E-state index contributed by atoms with van der Waals surface area (Å²) in [5.41, 5.74) is 7.90. The van der Waals surface area contributed by atoms with Gasteiger partial charge in [0.15, 0.2) is 0 Å². The number of ether oxygens (including phenoxy) is 1. The molecule has 3 heterocycles. The Morgan fingerprint density at radius 3 is 2.49 bits per heavy atom. The first-order chi connectivity index (χ1) is 17.0. The van der Waals surface area contributed by atoms with Crippen molar-refractivity contribution < 1.29 is 19.1 Å². The molecule has 184 valence electrons. The van der Waals surface area contributed by atoms with E-state index < -0.39 is 0 Å². The minimum absolute atomic E-state index is 0.0233. The molecule has 8 nitrogen and oxygen atoms in total. The molecule has 2 aromatic rings. The van der Waals surface area contributed by atoms with Crippen molar-refractivity contribution in [2.75, 3.05) is 36.6 Å². The topological polar surface area (TPSA) is 91.0 Å². The third-order valence-corrected chi connectivity index (χ3v) is 7.36. The average molecular weight is 477 g/mol. The third-order valence-electron chi connectivity index (χ3n) is 7.36. The molecule has 0 aromatic heterocycles. The van der Waals surface area contributed by atoms with E-state index in [4.69, 9.17) is 4.74 Å². The molecule has 2 saturated heterocycles. The fraction of sp³-hybridized carbons (Fsp3) is 0.444. The zero-order valence-corrected chi connectivity index (χ0v) is 20.3. The molecule has 5 rings (SSSR count). The van der Waals surface area contributed by atoms with Crippen LogP contribution >= 0.6 is 0 Å². The van der Waals surface area contributed by atoms with Gasteiger partial charge in [-0.15, -0.1) is 0 Å². The molecule has 2 fully saturated rings.